The molecule has 2 aromatic rings. The number of carbonyl (C=O) groups is 2. The van der Waals surface area contributed by atoms with Crippen LogP contribution < -0.4 is 10.6 Å². The standard InChI is InChI=1S/C28H39F2N3O3/c1-6-8-33(9-7-2)28(36)22-11-19(5)10-21(15-22)27(35)32-25(26(34)17-31-18(3)4)14-20-12-23(29)16-24(30)13-20/h10-13,15-16,18,25-26,31,34H,6-9,14,17H2,1-5H3,(H,32,35)/t25-,26+/m0/s1. The third-order valence-electron chi connectivity index (χ3n) is 5.75. The van der Waals surface area contributed by atoms with E-state index in [0.717, 1.165) is 24.5 Å². The van der Waals surface area contributed by atoms with Crippen LogP contribution in [0.1, 0.15) is 72.4 Å². The molecule has 0 bridgehead atoms. The van der Waals surface area contributed by atoms with Crippen LogP contribution in [0.25, 0.3) is 0 Å². The summed E-state index contributed by atoms with van der Waals surface area (Å²) in [6.45, 7) is 11.1. The molecular weight excluding hydrogens is 464 g/mol. The van der Waals surface area contributed by atoms with Gasteiger partial charge in [0.1, 0.15) is 11.6 Å². The first-order valence-corrected chi connectivity index (χ1v) is 12.6. The second-order valence-corrected chi connectivity index (χ2v) is 9.57. The van der Waals surface area contributed by atoms with Crippen molar-refractivity contribution in [1.82, 2.24) is 15.5 Å². The average Bonchev–Trinajstić information content (AvgIpc) is 2.80. The molecule has 0 spiro atoms. The summed E-state index contributed by atoms with van der Waals surface area (Å²) >= 11 is 0. The zero-order valence-electron chi connectivity index (χ0n) is 21.9. The van der Waals surface area contributed by atoms with Gasteiger partial charge in [-0.05, 0) is 67.6 Å². The molecule has 0 fully saturated rings. The lowest BCUT2D eigenvalue weighted by molar-refractivity contribution is 0.0755. The summed E-state index contributed by atoms with van der Waals surface area (Å²) in [5.74, 6) is -2.06. The molecule has 0 radical (unpaired) electrons. The maximum Gasteiger partial charge on any atom is 0.253 e. The molecule has 2 aromatic carbocycles. The van der Waals surface area contributed by atoms with Crippen molar-refractivity contribution in [2.75, 3.05) is 19.6 Å². The monoisotopic (exact) mass is 503 g/mol. The van der Waals surface area contributed by atoms with Gasteiger partial charge >= 0.3 is 0 Å². The number of amides is 2. The highest BCUT2D eigenvalue weighted by molar-refractivity contribution is 6.00. The molecule has 36 heavy (non-hydrogen) atoms. The van der Waals surface area contributed by atoms with Crippen molar-refractivity contribution < 1.29 is 23.5 Å². The molecule has 0 aromatic heterocycles. The molecule has 2 atom stereocenters. The van der Waals surface area contributed by atoms with Gasteiger partial charge in [-0.2, -0.15) is 0 Å². The molecule has 2 rings (SSSR count). The Morgan fingerprint density at radius 2 is 1.53 bits per heavy atom. The number of aryl methyl sites for hydroxylation is 1. The zero-order valence-corrected chi connectivity index (χ0v) is 21.9. The van der Waals surface area contributed by atoms with E-state index in [9.17, 15) is 23.5 Å². The number of aliphatic hydroxyl groups is 1. The van der Waals surface area contributed by atoms with E-state index in [4.69, 9.17) is 0 Å². The first kappa shape index (κ1) is 29.4. The normalized spacial score (nSPS) is 12.9. The minimum Gasteiger partial charge on any atom is -0.390 e. The van der Waals surface area contributed by atoms with E-state index in [1.54, 1.807) is 23.1 Å². The highest BCUT2D eigenvalue weighted by atomic mass is 19.1. The number of nitrogens with one attached hydrogen (secondary N) is 2. The minimum absolute atomic E-state index is 0.0275. The maximum absolute atomic E-state index is 13.8. The van der Waals surface area contributed by atoms with Crippen LogP contribution in [0.4, 0.5) is 8.78 Å². The van der Waals surface area contributed by atoms with Crippen LogP contribution in [-0.4, -0.2) is 59.6 Å². The van der Waals surface area contributed by atoms with Crippen LogP contribution in [0.15, 0.2) is 36.4 Å². The summed E-state index contributed by atoms with van der Waals surface area (Å²) in [7, 11) is 0. The van der Waals surface area contributed by atoms with Gasteiger partial charge in [-0.25, -0.2) is 8.78 Å². The van der Waals surface area contributed by atoms with Gasteiger partial charge in [0.25, 0.3) is 11.8 Å². The number of hydrogen-bond donors (Lipinski definition) is 3. The fraction of sp³-hybridized carbons (Fsp3) is 0.500. The van der Waals surface area contributed by atoms with Crippen LogP contribution in [0.3, 0.4) is 0 Å². The summed E-state index contributed by atoms with van der Waals surface area (Å²) < 4.78 is 27.5. The van der Waals surface area contributed by atoms with Crippen LogP contribution >= 0.6 is 0 Å². The predicted octanol–water partition coefficient (Wildman–Crippen LogP) is 4.24. The molecule has 0 unspecified atom stereocenters. The summed E-state index contributed by atoms with van der Waals surface area (Å²) in [6, 6.07) is 7.41. The number of benzene rings is 2. The average molecular weight is 504 g/mol. The Hall–Kier alpha value is -2.84. The highest BCUT2D eigenvalue weighted by Crippen LogP contribution is 2.16. The topological polar surface area (TPSA) is 81.7 Å². The SMILES string of the molecule is CCCN(CCC)C(=O)c1cc(C)cc(C(=O)N[C@@H](Cc2cc(F)cc(F)c2)[C@H](O)CNC(C)C)c1. The van der Waals surface area contributed by atoms with Gasteiger partial charge in [-0.3, -0.25) is 9.59 Å². The quantitative estimate of drug-likeness (QED) is 0.382. The van der Waals surface area contributed by atoms with E-state index in [1.807, 2.05) is 34.6 Å². The van der Waals surface area contributed by atoms with E-state index in [-0.39, 0.29) is 30.5 Å². The van der Waals surface area contributed by atoms with Gasteiger partial charge in [-0.1, -0.05) is 27.7 Å². The Kier molecular flexibility index (Phi) is 11.5. The molecule has 0 aliphatic heterocycles. The van der Waals surface area contributed by atoms with E-state index in [2.05, 4.69) is 10.6 Å². The van der Waals surface area contributed by atoms with Crippen molar-refractivity contribution in [2.24, 2.45) is 0 Å². The third kappa shape index (κ3) is 8.99. The van der Waals surface area contributed by atoms with E-state index >= 15 is 0 Å². The Labute approximate surface area is 213 Å². The lowest BCUT2D eigenvalue weighted by Crippen LogP contribution is -2.49. The van der Waals surface area contributed by atoms with Gasteiger partial charge < -0.3 is 20.6 Å². The molecule has 0 heterocycles. The zero-order chi connectivity index (χ0) is 26.8. The number of rotatable bonds is 13. The Balaban J connectivity index is 2.30. The van der Waals surface area contributed by atoms with Gasteiger partial charge in [-0.15, -0.1) is 0 Å². The van der Waals surface area contributed by atoms with Crippen LogP contribution in [-0.2, 0) is 6.42 Å². The molecule has 3 N–H and O–H groups in total. The van der Waals surface area contributed by atoms with Crippen LogP contribution in [0, 0.1) is 18.6 Å². The van der Waals surface area contributed by atoms with Gasteiger partial charge in [0.2, 0.25) is 0 Å². The molecule has 8 heteroatoms. The first-order valence-electron chi connectivity index (χ1n) is 12.6. The summed E-state index contributed by atoms with van der Waals surface area (Å²) in [5.41, 5.74) is 1.78. The first-order chi connectivity index (χ1) is 17.0. The molecule has 0 saturated heterocycles. The summed E-state index contributed by atoms with van der Waals surface area (Å²) in [6.07, 6.45) is 0.670. The van der Waals surface area contributed by atoms with E-state index in [1.165, 1.54) is 12.1 Å². The van der Waals surface area contributed by atoms with Crippen molar-refractivity contribution in [1.29, 1.82) is 0 Å². The largest absolute Gasteiger partial charge is 0.390 e. The minimum atomic E-state index is -1.02. The number of halogens is 2. The van der Waals surface area contributed by atoms with Gasteiger partial charge in [0, 0.05) is 42.9 Å². The summed E-state index contributed by atoms with van der Waals surface area (Å²) in [5, 5.41) is 16.8. The second-order valence-electron chi connectivity index (χ2n) is 9.57. The van der Waals surface area contributed by atoms with Crippen molar-refractivity contribution in [3.05, 3.63) is 70.3 Å². The molecule has 6 nitrogen and oxygen atoms in total. The second kappa shape index (κ2) is 14.0. The number of aliphatic hydroxyl groups excluding tert-OH is 1. The van der Waals surface area contributed by atoms with Crippen LogP contribution in [0.2, 0.25) is 0 Å². The number of hydrogen-bond acceptors (Lipinski definition) is 4. The van der Waals surface area contributed by atoms with Crippen molar-refractivity contribution >= 4 is 11.8 Å². The molecule has 0 saturated carbocycles. The number of nitrogens with zero attached hydrogens (tertiary/aromatic N) is 1. The number of carbonyl (C=O) groups excluding carboxylic acids is 2. The van der Waals surface area contributed by atoms with Gasteiger partial charge in [0.15, 0.2) is 0 Å². The Bertz CT molecular complexity index is 1000. The third-order valence-corrected chi connectivity index (χ3v) is 5.75. The van der Waals surface area contributed by atoms with E-state index in [0.29, 0.717) is 24.2 Å². The van der Waals surface area contributed by atoms with Crippen molar-refractivity contribution in [2.45, 2.75) is 72.1 Å². The Morgan fingerprint density at radius 1 is 0.944 bits per heavy atom. The predicted molar refractivity (Wildman–Crippen MR) is 138 cm³/mol. The maximum atomic E-state index is 13.8. The molecule has 0 aliphatic carbocycles. The lowest BCUT2D eigenvalue weighted by Gasteiger charge is -2.26. The fourth-order valence-corrected chi connectivity index (χ4v) is 4.09. The Morgan fingerprint density at radius 3 is 2.08 bits per heavy atom. The molecule has 2 amide bonds. The molecule has 198 valence electrons. The lowest BCUT2D eigenvalue weighted by atomic mass is 9.99. The molecular formula is C28H39F2N3O3. The smallest absolute Gasteiger partial charge is 0.253 e. The van der Waals surface area contributed by atoms with Crippen LogP contribution in [0.5, 0.6) is 0 Å². The van der Waals surface area contributed by atoms with Gasteiger partial charge in [0.05, 0.1) is 12.1 Å². The summed E-state index contributed by atoms with van der Waals surface area (Å²) in [4.78, 5) is 28.1. The van der Waals surface area contributed by atoms with Crippen molar-refractivity contribution in [3.63, 3.8) is 0 Å². The molecule has 0 aliphatic rings. The highest BCUT2D eigenvalue weighted by Gasteiger charge is 2.24. The fourth-order valence-electron chi connectivity index (χ4n) is 4.09. The van der Waals surface area contributed by atoms with Crippen molar-refractivity contribution in [3.8, 4) is 0 Å². The van der Waals surface area contributed by atoms with E-state index < -0.39 is 29.7 Å².